The number of hydrogen-bond donors (Lipinski definition) is 1. The predicted molar refractivity (Wildman–Crippen MR) is 77.5 cm³/mol. The third-order valence-corrected chi connectivity index (χ3v) is 3.26. The molecule has 0 amide bonds. The average Bonchev–Trinajstić information content (AvgIpc) is 2.42. The summed E-state index contributed by atoms with van der Waals surface area (Å²) in [5, 5.41) is 0.491. The van der Waals surface area contributed by atoms with Gasteiger partial charge in [-0.15, -0.1) is 0 Å². The third-order valence-electron chi connectivity index (χ3n) is 3.05. The molecular formula is C14H18ClN3O. The van der Waals surface area contributed by atoms with E-state index in [1.807, 2.05) is 18.3 Å². The SMILES string of the molecule is CC(CCOCCN)c1cnc2ccc(Cl)nc2c1. The molecule has 4 nitrogen and oxygen atoms in total. The molecule has 1 unspecified atom stereocenters. The first-order chi connectivity index (χ1) is 9.20. The van der Waals surface area contributed by atoms with Crippen LogP contribution in [0.3, 0.4) is 0 Å². The Hall–Kier alpha value is -1.23. The highest BCUT2D eigenvalue weighted by atomic mass is 35.5. The van der Waals surface area contributed by atoms with Gasteiger partial charge in [-0.05, 0) is 36.1 Å². The van der Waals surface area contributed by atoms with Gasteiger partial charge in [-0.2, -0.15) is 0 Å². The third kappa shape index (κ3) is 3.86. The Balaban J connectivity index is 2.07. The molecule has 0 radical (unpaired) electrons. The highest BCUT2D eigenvalue weighted by Gasteiger charge is 2.08. The molecule has 0 bridgehead atoms. The van der Waals surface area contributed by atoms with Gasteiger partial charge in [-0.3, -0.25) is 4.98 Å². The van der Waals surface area contributed by atoms with E-state index in [2.05, 4.69) is 16.9 Å². The molecule has 0 saturated heterocycles. The Morgan fingerprint density at radius 2 is 2.16 bits per heavy atom. The van der Waals surface area contributed by atoms with Crippen LogP contribution in [0.1, 0.15) is 24.8 Å². The van der Waals surface area contributed by atoms with E-state index in [1.54, 1.807) is 6.07 Å². The van der Waals surface area contributed by atoms with Crippen LogP contribution in [0.2, 0.25) is 5.15 Å². The van der Waals surface area contributed by atoms with Gasteiger partial charge in [0.05, 0.1) is 17.6 Å². The van der Waals surface area contributed by atoms with Gasteiger partial charge in [0.1, 0.15) is 5.15 Å². The number of nitrogens with two attached hydrogens (primary N) is 1. The van der Waals surface area contributed by atoms with Crippen LogP contribution < -0.4 is 5.73 Å². The Morgan fingerprint density at radius 1 is 1.32 bits per heavy atom. The summed E-state index contributed by atoms with van der Waals surface area (Å²) >= 11 is 5.90. The highest BCUT2D eigenvalue weighted by molar-refractivity contribution is 6.29. The van der Waals surface area contributed by atoms with Crippen molar-refractivity contribution in [2.75, 3.05) is 19.8 Å². The second kappa shape index (κ2) is 6.80. The second-order valence-corrected chi connectivity index (χ2v) is 4.92. The van der Waals surface area contributed by atoms with E-state index < -0.39 is 0 Å². The van der Waals surface area contributed by atoms with Gasteiger partial charge >= 0.3 is 0 Å². The minimum absolute atomic E-state index is 0.371. The zero-order chi connectivity index (χ0) is 13.7. The molecule has 2 aromatic rings. The Morgan fingerprint density at radius 3 is 2.95 bits per heavy atom. The number of halogens is 1. The number of aromatic nitrogens is 2. The van der Waals surface area contributed by atoms with E-state index in [0.29, 0.717) is 30.8 Å². The van der Waals surface area contributed by atoms with E-state index >= 15 is 0 Å². The van der Waals surface area contributed by atoms with Crippen molar-refractivity contribution in [3.05, 3.63) is 35.1 Å². The van der Waals surface area contributed by atoms with Crippen molar-refractivity contribution in [2.45, 2.75) is 19.3 Å². The van der Waals surface area contributed by atoms with Crippen LogP contribution in [0.25, 0.3) is 11.0 Å². The van der Waals surface area contributed by atoms with Crippen LogP contribution in [-0.4, -0.2) is 29.7 Å². The summed E-state index contributed by atoms with van der Waals surface area (Å²) in [7, 11) is 0. The van der Waals surface area contributed by atoms with E-state index in [0.717, 1.165) is 23.0 Å². The summed E-state index contributed by atoms with van der Waals surface area (Å²) in [4.78, 5) is 8.69. The molecule has 0 fully saturated rings. The maximum Gasteiger partial charge on any atom is 0.129 e. The molecule has 102 valence electrons. The Kier molecular flexibility index (Phi) is 5.07. The number of ether oxygens (including phenoxy) is 1. The van der Waals surface area contributed by atoms with Crippen LogP contribution in [0, 0.1) is 0 Å². The highest BCUT2D eigenvalue weighted by Crippen LogP contribution is 2.22. The molecular weight excluding hydrogens is 262 g/mol. The zero-order valence-corrected chi connectivity index (χ0v) is 11.7. The van der Waals surface area contributed by atoms with Crippen molar-refractivity contribution < 1.29 is 4.74 Å². The molecule has 1 atom stereocenters. The molecule has 0 aliphatic rings. The lowest BCUT2D eigenvalue weighted by molar-refractivity contribution is 0.135. The number of nitrogens with zero attached hydrogens (tertiary/aromatic N) is 2. The minimum atomic E-state index is 0.371. The fraction of sp³-hybridized carbons (Fsp3) is 0.429. The largest absolute Gasteiger partial charge is 0.380 e. The fourth-order valence-electron chi connectivity index (χ4n) is 1.88. The Bertz CT molecular complexity index is 547. The first kappa shape index (κ1) is 14.2. The molecule has 2 heterocycles. The fourth-order valence-corrected chi connectivity index (χ4v) is 2.03. The smallest absolute Gasteiger partial charge is 0.129 e. The normalized spacial score (nSPS) is 12.8. The summed E-state index contributed by atoms with van der Waals surface area (Å²) in [5.41, 5.74) is 8.22. The molecule has 0 saturated carbocycles. The van der Waals surface area contributed by atoms with Crippen molar-refractivity contribution >= 4 is 22.6 Å². The van der Waals surface area contributed by atoms with Gasteiger partial charge in [0.2, 0.25) is 0 Å². The van der Waals surface area contributed by atoms with Crippen molar-refractivity contribution in [2.24, 2.45) is 5.73 Å². The van der Waals surface area contributed by atoms with Gasteiger partial charge in [-0.25, -0.2) is 4.98 Å². The number of hydrogen-bond acceptors (Lipinski definition) is 4. The van der Waals surface area contributed by atoms with Gasteiger partial charge in [0.25, 0.3) is 0 Å². The lowest BCUT2D eigenvalue weighted by Crippen LogP contribution is -2.10. The molecule has 0 aromatic carbocycles. The standard InChI is InChI=1S/C14H18ClN3O/c1-10(4-6-19-7-5-16)11-8-13-12(17-9-11)2-3-14(15)18-13/h2-3,8-10H,4-7,16H2,1H3. The van der Waals surface area contributed by atoms with Gasteiger partial charge in [0, 0.05) is 19.3 Å². The molecule has 5 heteroatoms. The predicted octanol–water partition coefficient (Wildman–Crippen LogP) is 2.75. The Labute approximate surface area is 117 Å². The van der Waals surface area contributed by atoms with Gasteiger partial charge in [-0.1, -0.05) is 18.5 Å². The maximum absolute atomic E-state index is 5.90. The topological polar surface area (TPSA) is 61.0 Å². The average molecular weight is 280 g/mol. The summed E-state index contributed by atoms with van der Waals surface area (Å²) in [6, 6.07) is 5.67. The molecule has 0 spiro atoms. The lowest BCUT2D eigenvalue weighted by Gasteiger charge is -2.12. The summed E-state index contributed by atoms with van der Waals surface area (Å²) < 4.78 is 5.40. The number of fused-ring (bicyclic) bond motifs is 1. The van der Waals surface area contributed by atoms with E-state index in [1.165, 1.54) is 0 Å². The molecule has 2 aromatic heterocycles. The van der Waals surface area contributed by atoms with Crippen LogP contribution in [0.15, 0.2) is 24.4 Å². The van der Waals surface area contributed by atoms with E-state index in [-0.39, 0.29) is 0 Å². The molecule has 2 N–H and O–H groups in total. The molecule has 0 aliphatic heterocycles. The monoisotopic (exact) mass is 279 g/mol. The van der Waals surface area contributed by atoms with E-state index in [9.17, 15) is 0 Å². The van der Waals surface area contributed by atoms with Crippen molar-refractivity contribution in [1.82, 2.24) is 9.97 Å². The quantitative estimate of drug-likeness (QED) is 0.652. The van der Waals surface area contributed by atoms with Crippen molar-refractivity contribution in [3.63, 3.8) is 0 Å². The summed E-state index contributed by atoms with van der Waals surface area (Å²) in [6.45, 7) is 4.03. The molecule has 0 aliphatic carbocycles. The maximum atomic E-state index is 5.90. The summed E-state index contributed by atoms with van der Waals surface area (Å²) in [5.74, 6) is 0.371. The van der Waals surface area contributed by atoms with Crippen LogP contribution in [0.5, 0.6) is 0 Å². The second-order valence-electron chi connectivity index (χ2n) is 4.53. The van der Waals surface area contributed by atoms with Crippen LogP contribution in [-0.2, 0) is 4.74 Å². The molecule has 19 heavy (non-hydrogen) atoms. The minimum Gasteiger partial charge on any atom is -0.380 e. The number of rotatable bonds is 6. The van der Waals surface area contributed by atoms with Crippen LogP contribution >= 0.6 is 11.6 Å². The first-order valence-corrected chi connectivity index (χ1v) is 6.78. The van der Waals surface area contributed by atoms with Gasteiger partial charge in [0.15, 0.2) is 0 Å². The van der Waals surface area contributed by atoms with Crippen LogP contribution in [0.4, 0.5) is 0 Å². The zero-order valence-electron chi connectivity index (χ0n) is 11.0. The van der Waals surface area contributed by atoms with Crippen molar-refractivity contribution in [3.8, 4) is 0 Å². The lowest BCUT2D eigenvalue weighted by atomic mass is 9.99. The first-order valence-electron chi connectivity index (χ1n) is 6.40. The van der Waals surface area contributed by atoms with Crippen molar-refractivity contribution in [1.29, 1.82) is 0 Å². The summed E-state index contributed by atoms with van der Waals surface area (Å²) in [6.07, 6.45) is 2.83. The van der Waals surface area contributed by atoms with Gasteiger partial charge < -0.3 is 10.5 Å². The van der Waals surface area contributed by atoms with E-state index in [4.69, 9.17) is 22.1 Å². The number of pyridine rings is 2. The molecule has 2 rings (SSSR count).